The molecule has 0 spiro atoms. The second kappa shape index (κ2) is 10.3. The van der Waals surface area contributed by atoms with E-state index in [2.05, 4.69) is 0 Å². The zero-order valence-electron chi connectivity index (χ0n) is 16.8. The largest absolute Gasteiger partial charge is 0.394 e. The van der Waals surface area contributed by atoms with Crippen molar-refractivity contribution in [1.82, 2.24) is 0 Å². The number of hydrogen-bond acceptors (Lipinski definition) is 7. The molecule has 2 fully saturated rings. The molecule has 7 nitrogen and oxygen atoms in total. The predicted octanol–water partition coefficient (Wildman–Crippen LogP) is 0.159. The fraction of sp³-hybridized carbons (Fsp3) is 1.00. The Bertz CT molecular complexity index is 401. The van der Waals surface area contributed by atoms with E-state index in [0.29, 0.717) is 12.5 Å². The highest BCUT2D eigenvalue weighted by Gasteiger charge is 2.42. The molecule has 9 unspecified atom stereocenters. The van der Waals surface area contributed by atoms with E-state index in [4.69, 9.17) is 14.6 Å². The lowest BCUT2D eigenvalue weighted by atomic mass is 9.84. The van der Waals surface area contributed by atoms with Gasteiger partial charge in [0.25, 0.3) is 0 Å². The van der Waals surface area contributed by atoms with Crippen LogP contribution in [0.5, 0.6) is 0 Å². The van der Waals surface area contributed by atoms with Crippen molar-refractivity contribution in [2.24, 2.45) is 23.7 Å². The van der Waals surface area contributed by atoms with E-state index in [1.165, 1.54) is 0 Å². The number of aliphatic hydroxyl groups excluding tert-OH is 5. The van der Waals surface area contributed by atoms with Crippen LogP contribution in [0.3, 0.4) is 0 Å². The minimum atomic E-state index is -0.787. The Kier molecular flexibility index (Phi) is 9.43. The number of rotatable bonds is 3. The summed E-state index contributed by atoms with van der Waals surface area (Å²) < 4.78 is 10.8. The number of ether oxygens (including phenoxy) is 2. The number of hydrogen-bond donors (Lipinski definition) is 5. The van der Waals surface area contributed by atoms with Crippen molar-refractivity contribution in [2.75, 3.05) is 13.2 Å². The molecule has 5 N–H and O–H groups in total. The molecule has 2 aliphatic rings. The molecule has 0 aromatic rings. The van der Waals surface area contributed by atoms with Gasteiger partial charge in [-0.2, -0.15) is 0 Å². The molecule has 2 saturated heterocycles. The summed E-state index contributed by atoms with van der Waals surface area (Å²) in [4.78, 5) is 0. The molecule has 26 heavy (non-hydrogen) atoms. The summed E-state index contributed by atoms with van der Waals surface area (Å²) in [5, 5.41) is 47.5. The zero-order chi connectivity index (χ0) is 20.2. The molecule has 9 atom stereocenters. The van der Waals surface area contributed by atoms with E-state index in [1.807, 2.05) is 34.6 Å². The van der Waals surface area contributed by atoms with Crippen molar-refractivity contribution in [2.45, 2.75) is 84.3 Å². The smallest absolute Gasteiger partial charge is 0.107 e. The maximum atomic E-state index is 9.82. The zero-order valence-corrected chi connectivity index (χ0v) is 16.8. The molecule has 0 bridgehead atoms. The van der Waals surface area contributed by atoms with Crippen molar-refractivity contribution in [3.05, 3.63) is 0 Å². The first-order chi connectivity index (χ1) is 12.0. The topological polar surface area (TPSA) is 120 Å². The lowest BCUT2D eigenvalue weighted by molar-refractivity contribution is -0.215. The molecule has 0 saturated carbocycles. The summed E-state index contributed by atoms with van der Waals surface area (Å²) in [5.41, 5.74) is 0. The molecule has 0 aliphatic carbocycles. The van der Waals surface area contributed by atoms with Gasteiger partial charge in [0, 0.05) is 11.8 Å². The van der Waals surface area contributed by atoms with Crippen LogP contribution in [0.25, 0.3) is 0 Å². The highest BCUT2D eigenvalue weighted by atomic mass is 16.5. The Morgan fingerprint density at radius 1 is 0.808 bits per heavy atom. The van der Waals surface area contributed by atoms with Crippen molar-refractivity contribution >= 4 is 0 Å². The van der Waals surface area contributed by atoms with Gasteiger partial charge in [-0.1, -0.05) is 41.5 Å². The summed E-state index contributed by atoms with van der Waals surface area (Å²) in [6.45, 7) is 11.7. The van der Waals surface area contributed by atoms with Crippen LogP contribution in [-0.2, 0) is 9.47 Å². The minimum Gasteiger partial charge on any atom is -0.394 e. The molecule has 7 heteroatoms. The second-order valence-corrected chi connectivity index (χ2v) is 8.37. The van der Waals surface area contributed by atoms with Gasteiger partial charge in [0.1, 0.15) is 6.10 Å². The van der Waals surface area contributed by atoms with Gasteiger partial charge in [-0.05, 0) is 11.8 Å². The molecular formula is C19H38O7. The number of aliphatic hydroxyl groups is 5. The van der Waals surface area contributed by atoms with Crippen LogP contribution in [0, 0.1) is 23.7 Å². The monoisotopic (exact) mass is 378 g/mol. The Hall–Kier alpha value is -0.280. The molecule has 156 valence electrons. The first-order valence-electron chi connectivity index (χ1n) is 9.63. The van der Waals surface area contributed by atoms with E-state index >= 15 is 0 Å². The molecule has 2 aliphatic heterocycles. The summed E-state index contributed by atoms with van der Waals surface area (Å²) in [5.74, 6) is 0.142. The van der Waals surface area contributed by atoms with Crippen LogP contribution in [0.4, 0.5) is 0 Å². The predicted molar refractivity (Wildman–Crippen MR) is 97.5 cm³/mol. The van der Waals surface area contributed by atoms with Crippen LogP contribution < -0.4 is 0 Å². The fourth-order valence-corrected chi connectivity index (χ4v) is 3.48. The maximum absolute atomic E-state index is 9.82. The molecule has 0 aromatic carbocycles. The standard InChI is InChI=1S/C10H20O4.C9H18O3/c1-5(2)10-9(13)6(3)8(12)7(4-11)14-10;1-5(2)9-8(11)6(3)7(10)4-12-9/h5-13H,4H2,1-3H3;5-11H,4H2,1-3H3. The SMILES string of the molecule is CC(C)C1OC(CO)C(O)C(C)C1O.CC(C)C1OCC(O)C(C)C1O. The van der Waals surface area contributed by atoms with E-state index < -0.39 is 30.5 Å². The summed E-state index contributed by atoms with van der Waals surface area (Å²) in [6, 6.07) is 0. The van der Waals surface area contributed by atoms with E-state index in [1.54, 1.807) is 6.92 Å². The second-order valence-electron chi connectivity index (χ2n) is 8.37. The first-order valence-corrected chi connectivity index (χ1v) is 9.63. The van der Waals surface area contributed by atoms with Gasteiger partial charge >= 0.3 is 0 Å². The lowest BCUT2D eigenvalue weighted by Crippen LogP contribution is -2.55. The van der Waals surface area contributed by atoms with Crippen molar-refractivity contribution in [3.8, 4) is 0 Å². The van der Waals surface area contributed by atoms with Crippen LogP contribution in [-0.4, -0.2) is 81.5 Å². The van der Waals surface area contributed by atoms with Crippen molar-refractivity contribution < 1.29 is 35.0 Å². The van der Waals surface area contributed by atoms with E-state index in [9.17, 15) is 20.4 Å². The van der Waals surface area contributed by atoms with E-state index in [0.717, 1.165) is 0 Å². The highest BCUT2D eigenvalue weighted by Crippen LogP contribution is 2.29. The van der Waals surface area contributed by atoms with E-state index in [-0.39, 0.29) is 36.6 Å². The van der Waals surface area contributed by atoms with Gasteiger partial charge in [0.2, 0.25) is 0 Å². The van der Waals surface area contributed by atoms with Crippen LogP contribution in [0.2, 0.25) is 0 Å². The third-order valence-corrected chi connectivity index (χ3v) is 5.56. The molecule has 0 radical (unpaired) electrons. The Balaban J connectivity index is 0.000000263. The molecule has 0 amide bonds. The molecule has 0 aromatic heterocycles. The van der Waals surface area contributed by atoms with Gasteiger partial charge in [0.05, 0.1) is 49.8 Å². The third-order valence-electron chi connectivity index (χ3n) is 5.56. The van der Waals surface area contributed by atoms with Gasteiger partial charge in [0.15, 0.2) is 0 Å². The molecule has 2 heterocycles. The highest BCUT2D eigenvalue weighted by molar-refractivity contribution is 4.90. The maximum Gasteiger partial charge on any atom is 0.107 e. The average Bonchev–Trinajstić information content (AvgIpc) is 2.58. The average molecular weight is 379 g/mol. The fourth-order valence-electron chi connectivity index (χ4n) is 3.48. The summed E-state index contributed by atoms with van der Waals surface area (Å²) >= 11 is 0. The third kappa shape index (κ3) is 5.61. The van der Waals surface area contributed by atoms with Crippen LogP contribution >= 0.6 is 0 Å². The molecular weight excluding hydrogens is 340 g/mol. The van der Waals surface area contributed by atoms with Gasteiger partial charge in [-0.15, -0.1) is 0 Å². The Labute approximate surface area is 157 Å². The lowest BCUT2D eigenvalue weighted by Gasteiger charge is -2.42. The van der Waals surface area contributed by atoms with Crippen LogP contribution in [0.15, 0.2) is 0 Å². The molecule has 2 rings (SSSR count). The van der Waals surface area contributed by atoms with Crippen molar-refractivity contribution in [3.63, 3.8) is 0 Å². The summed E-state index contributed by atoms with van der Waals surface area (Å²) in [6.07, 6.45) is -3.49. The van der Waals surface area contributed by atoms with Crippen LogP contribution in [0.1, 0.15) is 41.5 Å². The van der Waals surface area contributed by atoms with Gasteiger partial charge in [-0.25, -0.2) is 0 Å². The normalized spacial score (nSPS) is 44.0. The Morgan fingerprint density at radius 2 is 1.31 bits per heavy atom. The van der Waals surface area contributed by atoms with Crippen molar-refractivity contribution in [1.29, 1.82) is 0 Å². The Morgan fingerprint density at radius 3 is 1.77 bits per heavy atom. The summed E-state index contributed by atoms with van der Waals surface area (Å²) in [7, 11) is 0. The first kappa shape index (κ1) is 23.8. The van der Waals surface area contributed by atoms with Gasteiger partial charge < -0.3 is 35.0 Å². The van der Waals surface area contributed by atoms with Gasteiger partial charge in [-0.3, -0.25) is 0 Å². The quantitative estimate of drug-likeness (QED) is 0.474. The minimum absolute atomic E-state index is 0.0776.